The lowest BCUT2D eigenvalue weighted by molar-refractivity contribution is -0.139. The number of carbonyl (C=O) groups excluding carboxylic acids is 2. The first-order valence-electron chi connectivity index (χ1n) is 12.4. The number of hydrogen-bond acceptors (Lipinski definition) is 8. The van der Waals surface area contributed by atoms with Crippen molar-refractivity contribution in [1.82, 2.24) is 14.1 Å². The van der Waals surface area contributed by atoms with Gasteiger partial charge in [-0.25, -0.2) is 8.42 Å². The Morgan fingerprint density at radius 1 is 1.11 bits per heavy atom. The molecular formula is C27H33N3O7S. The predicted molar refractivity (Wildman–Crippen MR) is 141 cm³/mol. The largest absolute Gasteiger partial charge is 0.507 e. The standard InChI is InChI=1S/C27H33N3O7S/c1-28(2)12-5-13-30-24(19-8-10-21(36-3)11-9-19)23(26(32)27(30)33)25(31)20-6-4-7-22(18-20)38(34,35)29-14-16-37-17-15-29/h4,6-11,18,24,31H,5,12-17H2,1-3H3/b25-23-. The van der Waals surface area contributed by atoms with Crippen LogP contribution in [0.25, 0.3) is 5.76 Å². The molecule has 11 heteroatoms. The molecule has 2 saturated heterocycles. The molecule has 0 bridgehead atoms. The molecule has 4 rings (SSSR count). The van der Waals surface area contributed by atoms with Crippen LogP contribution in [-0.2, 0) is 24.3 Å². The van der Waals surface area contributed by atoms with E-state index in [4.69, 9.17) is 9.47 Å². The van der Waals surface area contributed by atoms with Crippen molar-refractivity contribution in [2.24, 2.45) is 0 Å². The summed E-state index contributed by atoms with van der Waals surface area (Å²) in [5, 5.41) is 11.4. The van der Waals surface area contributed by atoms with E-state index < -0.39 is 33.5 Å². The molecule has 1 N–H and O–H groups in total. The van der Waals surface area contributed by atoms with Crippen LogP contribution >= 0.6 is 0 Å². The second-order valence-electron chi connectivity index (χ2n) is 9.47. The summed E-state index contributed by atoms with van der Waals surface area (Å²) < 4.78 is 38.2. The van der Waals surface area contributed by atoms with Crippen molar-refractivity contribution in [2.45, 2.75) is 17.4 Å². The molecule has 0 aliphatic carbocycles. The zero-order valence-corrected chi connectivity index (χ0v) is 22.6. The summed E-state index contributed by atoms with van der Waals surface area (Å²) in [6, 6.07) is 11.9. The molecule has 38 heavy (non-hydrogen) atoms. The van der Waals surface area contributed by atoms with Crippen molar-refractivity contribution in [2.75, 3.05) is 60.6 Å². The smallest absolute Gasteiger partial charge is 0.295 e. The van der Waals surface area contributed by atoms with Crippen LogP contribution in [0.3, 0.4) is 0 Å². The molecule has 0 aromatic heterocycles. The number of aliphatic hydroxyl groups excluding tert-OH is 1. The van der Waals surface area contributed by atoms with Gasteiger partial charge in [-0.15, -0.1) is 0 Å². The van der Waals surface area contributed by atoms with E-state index in [0.29, 0.717) is 44.0 Å². The van der Waals surface area contributed by atoms with E-state index in [1.54, 1.807) is 31.4 Å². The number of likely N-dealkylation sites (tertiary alicyclic amines) is 1. The molecule has 10 nitrogen and oxygen atoms in total. The van der Waals surface area contributed by atoms with E-state index in [2.05, 4.69) is 0 Å². The Morgan fingerprint density at radius 2 is 1.79 bits per heavy atom. The number of hydrogen-bond donors (Lipinski definition) is 1. The first-order valence-corrected chi connectivity index (χ1v) is 13.8. The lowest BCUT2D eigenvalue weighted by Gasteiger charge is -2.26. The van der Waals surface area contributed by atoms with Gasteiger partial charge in [-0.3, -0.25) is 9.59 Å². The number of carbonyl (C=O) groups is 2. The van der Waals surface area contributed by atoms with E-state index in [1.165, 1.54) is 33.5 Å². The minimum Gasteiger partial charge on any atom is -0.507 e. The third kappa shape index (κ3) is 5.60. The van der Waals surface area contributed by atoms with Gasteiger partial charge in [-0.2, -0.15) is 4.31 Å². The quantitative estimate of drug-likeness (QED) is 0.290. The molecule has 204 valence electrons. The van der Waals surface area contributed by atoms with Crippen LogP contribution in [0.15, 0.2) is 59.0 Å². The molecule has 2 heterocycles. The summed E-state index contributed by atoms with van der Waals surface area (Å²) in [5.74, 6) is -1.32. The number of aliphatic hydroxyl groups is 1. The molecule has 2 aromatic rings. The van der Waals surface area contributed by atoms with Crippen LogP contribution in [0.1, 0.15) is 23.6 Å². The molecule has 0 spiro atoms. The van der Waals surface area contributed by atoms with Crippen molar-refractivity contribution >= 4 is 27.5 Å². The molecule has 1 atom stereocenters. The lowest BCUT2D eigenvalue weighted by Crippen LogP contribution is -2.40. The Kier molecular flexibility index (Phi) is 8.51. The topological polar surface area (TPSA) is 117 Å². The van der Waals surface area contributed by atoms with Crippen LogP contribution in [0.2, 0.25) is 0 Å². The van der Waals surface area contributed by atoms with Gasteiger partial charge in [0.2, 0.25) is 10.0 Å². The number of amides is 1. The van der Waals surface area contributed by atoms with Crippen molar-refractivity contribution < 1.29 is 32.6 Å². The number of nitrogens with zero attached hydrogens (tertiary/aromatic N) is 3. The van der Waals surface area contributed by atoms with E-state index in [-0.39, 0.29) is 29.1 Å². The minimum atomic E-state index is -3.83. The van der Waals surface area contributed by atoms with Gasteiger partial charge in [0.25, 0.3) is 11.7 Å². The van der Waals surface area contributed by atoms with Gasteiger partial charge in [0.15, 0.2) is 0 Å². The fraction of sp³-hybridized carbons (Fsp3) is 0.407. The average Bonchev–Trinajstić information content (AvgIpc) is 3.18. The fourth-order valence-corrected chi connectivity index (χ4v) is 6.15. The summed E-state index contributed by atoms with van der Waals surface area (Å²) in [6.07, 6.45) is 0.625. The Hall–Kier alpha value is -3.25. The number of Topliss-reactive ketones (excluding diaryl/α,β-unsaturated/α-hetero) is 1. The maximum Gasteiger partial charge on any atom is 0.295 e. The van der Waals surface area contributed by atoms with Gasteiger partial charge >= 0.3 is 0 Å². The van der Waals surface area contributed by atoms with Crippen molar-refractivity contribution in [3.05, 3.63) is 65.2 Å². The SMILES string of the molecule is COc1ccc(C2/C(=C(/O)c3cccc(S(=O)(=O)N4CCOCC4)c3)C(=O)C(=O)N2CCCN(C)C)cc1. The van der Waals surface area contributed by atoms with Crippen LogP contribution in [0.4, 0.5) is 0 Å². The number of benzene rings is 2. The fourth-order valence-electron chi connectivity index (χ4n) is 4.70. The number of ketones is 1. The van der Waals surface area contributed by atoms with Crippen LogP contribution in [0.5, 0.6) is 5.75 Å². The predicted octanol–water partition coefficient (Wildman–Crippen LogP) is 2.09. The van der Waals surface area contributed by atoms with Crippen molar-refractivity contribution in [3.63, 3.8) is 0 Å². The highest BCUT2D eigenvalue weighted by atomic mass is 32.2. The average molecular weight is 544 g/mol. The Labute approximate surface area is 223 Å². The maximum absolute atomic E-state index is 13.3. The maximum atomic E-state index is 13.3. The summed E-state index contributed by atoms with van der Waals surface area (Å²) in [5.41, 5.74) is 0.698. The zero-order chi connectivity index (χ0) is 27.4. The molecule has 0 saturated carbocycles. The molecule has 0 radical (unpaired) electrons. The summed E-state index contributed by atoms with van der Waals surface area (Å²) >= 11 is 0. The number of sulfonamides is 1. The highest BCUT2D eigenvalue weighted by Gasteiger charge is 2.46. The van der Waals surface area contributed by atoms with Gasteiger partial charge < -0.3 is 24.4 Å². The first-order chi connectivity index (χ1) is 18.1. The van der Waals surface area contributed by atoms with E-state index >= 15 is 0 Å². The van der Waals surface area contributed by atoms with Crippen LogP contribution < -0.4 is 4.74 Å². The highest BCUT2D eigenvalue weighted by Crippen LogP contribution is 2.40. The molecular weight excluding hydrogens is 510 g/mol. The molecule has 2 aliphatic heterocycles. The number of morpholine rings is 1. The second-order valence-corrected chi connectivity index (χ2v) is 11.4. The summed E-state index contributed by atoms with van der Waals surface area (Å²) in [4.78, 5) is 29.9. The van der Waals surface area contributed by atoms with Gasteiger partial charge in [-0.1, -0.05) is 24.3 Å². The summed E-state index contributed by atoms with van der Waals surface area (Å²) in [6.45, 7) is 2.08. The van der Waals surface area contributed by atoms with Crippen molar-refractivity contribution in [3.8, 4) is 5.75 Å². The van der Waals surface area contributed by atoms with Gasteiger partial charge in [0.1, 0.15) is 11.5 Å². The molecule has 1 unspecified atom stereocenters. The van der Waals surface area contributed by atoms with Crippen LogP contribution in [-0.4, -0.2) is 99.9 Å². The van der Waals surface area contributed by atoms with E-state index in [9.17, 15) is 23.1 Å². The van der Waals surface area contributed by atoms with Gasteiger partial charge in [0.05, 0.1) is 36.8 Å². The zero-order valence-electron chi connectivity index (χ0n) is 21.8. The van der Waals surface area contributed by atoms with E-state index in [1.807, 2.05) is 19.0 Å². The number of ether oxygens (including phenoxy) is 2. The van der Waals surface area contributed by atoms with Gasteiger partial charge in [0, 0.05) is 25.2 Å². The lowest BCUT2D eigenvalue weighted by atomic mass is 9.95. The summed E-state index contributed by atoms with van der Waals surface area (Å²) in [7, 11) is 1.56. The van der Waals surface area contributed by atoms with Crippen molar-refractivity contribution in [1.29, 1.82) is 0 Å². The molecule has 2 fully saturated rings. The first kappa shape index (κ1) is 27.8. The third-order valence-electron chi connectivity index (χ3n) is 6.69. The molecule has 1 amide bonds. The van der Waals surface area contributed by atoms with Gasteiger partial charge in [-0.05, 0) is 56.9 Å². The Bertz CT molecular complexity index is 1320. The Balaban J connectivity index is 1.77. The molecule has 2 aliphatic rings. The van der Waals surface area contributed by atoms with E-state index in [0.717, 1.165) is 0 Å². The Morgan fingerprint density at radius 3 is 2.42 bits per heavy atom. The number of methoxy groups -OCH3 is 1. The minimum absolute atomic E-state index is 0.00957. The molecule has 2 aromatic carbocycles. The monoisotopic (exact) mass is 543 g/mol. The highest BCUT2D eigenvalue weighted by molar-refractivity contribution is 7.89. The third-order valence-corrected chi connectivity index (χ3v) is 8.59. The van der Waals surface area contributed by atoms with Crippen LogP contribution in [0, 0.1) is 0 Å². The number of rotatable bonds is 9. The second kappa shape index (κ2) is 11.6. The normalized spacial score (nSPS) is 20.3.